The molecule has 2 aromatic carbocycles. The number of hydrogen-bond acceptors (Lipinski definition) is 5. The highest BCUT2D eigenvalue weighted by atomic mass is 35.5. The van der Waals surface area contributed by atoms with E-state index in [1.54, 1.807) is 46.3 Å². The zero-order chi connectivity index (χ0) is 23.8. The van der Waals surface area contributed by atoms with E-state index in [9.17, 15) is 28.1 Å². The van der Waals surface area contributed by atoms with Gasteiger partial charge in [-0.05, 0) is 30.3 Å². The van der Waals surface area contributed by atoms with Gasteiger partial charge in [0.2, 0.25) is 0 Å². The summed E-state index contributed by atoms with van der Waals surface area (Å²) in [6.45, 7) is 0.915. The zero-order valence-electron chi connectivity index (χ0n) is 17.0. The molecule has 8 nitrogen and oxygen atoms in total. The summed E-state index contributed by atoms with van der Waals surface area (Å²) in [7, 11) is 0. The minimum atomic E-state index is -4.68. The van der Waals surface area contributed by atoms with Crippen LogP contribution in [0, 0.1) is 10.1 Å². The molecular formula is C21H17ClF3N5O3. The van der Waals surface area contributed by atoms with Crippen LogP contribution in [0.4, 0.5) is 24.5 Å². The van der Waals surface area contributed by atoms with Gasteiger partial charge >= 0.3 is 6.18 Å². The predicted octanol–water partition coefficient (Wildman–Crippen LogP) is 4.42. The topological polar surface area (TPSA) is 84.5 Å². The molecule has 1 saturated heterocycles. The van der Waals surface area contributed by atoms with Crippen molar-refractivity contribution >= 4 is 28.9 Å². The highest BCUT2D eigenvalue weighted by molar-refractivity contribution is 6.32. The lowest BCUT2D eigenvalue weighted by Gasteiger charge is -2.35. The summed E-state index contributed by atoms with van der Waals surface area (Å²) in [5.74, 6) is -0.317. The first-order valence-electron chi connectivity index (χ1n) is 9.85. The van der Waals surface area contributed by atoms with Gasteiger partial charge < -0.3 is 9.80 Å². The largest absolute Gasteiger partial charge is 0.416 e. The van der Waals surface area contributed by atoms with Crippen molar-refractivity contribution < 1.29 is 22.9 Å². The Morgan fingerprint density at radius 2 is 1.73 bits per heavy atom. The number of amides is 1. The number of benzene rings is 2. The van der Waals surface area contributed by atoms with Crippen LogP contribution in [0.25, 0.3) is 5.69 Å². The Morgan fingerprint density at radius 3 is 2.36 bits per heavy atom. The fourth-order valence-corrected chi connectivity index (χ4v) is 3.86. The standard InChI is InChI=1S/C21H17ClF3N5O3/c22-15-3-1-2-4-17(15)29-8-7-16(26-29)20(31)28-11-9-27(10-12-28)18-6-5-14(21(23,24)25)13-19(18)30(32)33/h1-8,13H,9-12H2. The third kappa shape index (κ3) is 4.63. The average molecular weight is 480 g/mol. The van der Waals surface area contributed by atoms with E-state index in [1.807, 2.05) is 0 Å². The number of carbonyl (C=O) groups is 1. The van der Waals surface area contributed by atoms with E-state index in [4.69, 9.17) is 11.6 Å². The van der Waals surface area contributed by atoms with Crippen molar-refractivity contribution in [2.24, 2.45) is 0 Å². The molecular weight excluding hydrogens is 463 g/mol. The summed E-state index contributed by atoms with van der Waals surface area (Å²) in [4.78, 5) is 26.6. The van der Waals surface area contributed by atoms with Crippen molar-refractivity contribution in [1.29, 1.82) is 0 Å². The number of anilines is 1. The third-order valence-electron chi connectivity index (χ3n) is 5.31. The number of nitro groups is 1. The minimum Gasteiger partial charge on any atom is -0.362 e. The normalized spacial score (nSPS) is 14.4. The van der Waals surface area contributed by atoms with Gasteiger partial charge in [0.05, 0.1) is 21.2 Å². The second-order valence-corrected chi connectivity index (χ2v) is 7.74. The molecule has 1 aromatic heterocycles. The zero-order valence-corrected chi connectivity index (χ0v) is 17.8. The van der Waals surface area contributed by atoms with Gasteiger partial charge in [0.1, 0.15) is 5.69 Å². The Morgan fingerprint density at radius 1 is 1.03 bits per heavy atom. The van der Waals surface area contributed by atoms with Gasteiger partial charge in [-0.1, -0.05) is 23.7 Å². The fourth-order valence-electron chi connectivity index (χ4n) is 3.64. The molecule has 0 saturated carbocycles. The van der Waals surface area contributed by atoms with E-state index in [0.717, 1.165) is 12.1 Å². The van der Waals surface area contributed by atoms with E-state index >= 15 is 0 Å². The van der Waals surface area contributed by atoms with Crippen LogP contribution in [-0.2, 0) is 6.18 Å². The molecule has 1 aliphatic rings. The molecule has 33 heavy (non-hydrogen) atoms. The van der Waals surface area contributed by atoms with Gasteiger partial charge in [-0.25, -0.2) is 4.68 Å². The van der Waals surface area contributed by atoms with Gasteiger partial charge in [0.25, 0.3) is 11.6 Å². The molecule has 0 unspecified atom stereocenters. The van der Waals surface area contributed by atoms with Gasteiger partial charge in [0.15, 0.2) is 5.69 Å². The summed E-state index contributed by atoms with van der Waals surface area (Å²) in [6.07, 6.45) is -3.06. The van der Waals surface area contributed by atoms with Gasteiger partial charge in [-0.15, -0.1) is 0 Å². The number of rotatable bonds is 4. The number of para-hydroxylation sites is 1. The van der Waals surface area contributed by atoms with Gasteiger partial charge in [-0.2, -0.15) is 18.3 Å². The molecule has 0 N–H and O–H groups in total. The molecule has 0 bridgehead atoms. The van der Waals surface area contributed by atoms with Gasteiger partial charge in [-0.3, -0.25) is 14.9 Å². The number of alkyl halides is 3. The van der Waals surface area contributed by atoms with Crippen molar-refractivity contribution in [2.45, 2.75) is 6.18 Å². The van der Waals surface area contributed by atoms with Crippen LogP contribution in [0.2, 0.25) is 5.02 Å². The highest BCUT2D eigenvalue weighted by Crippen LogP contribution is 2.36. The minimum absolute atomic E-state index is 0.0862. The lowest BCUT2D eigenvalue weighted by molar-refractivity contribution is -0.384. The SMILES string of the molecule is O=C(c1ccn(-c2ccccc2Cl)n1)N1CCN(c2ccc(C(F)(F)F)cc2[N+](=O)[O-])CC1. The summed E-state index contributed by atoms with van der Waals surface area (Å²) < 4.78 is 40.3. The van der Waals surface area contributed by atoms with E-state index in [2.05, 4.69) is 5.10 Å². The van der Waals surface area contributed by atoms with Gasteiger partial charge in [0, 0.05) is 38.4 Å². The van der Waals surface area contributed by atoms with Crippen molar-refractivity contribution in [1.82, 2.24) is 14.7 Å². The molecule has 3 aromatic rings. The van der Waals surface area contributed by atoms with Crippen LogP contribution in [0.3, 0.4) is 0 Å². The molecule has 0 atom stereocenters. The van der Waals surface area contributed by atoms with Crippen LogP contribution in [-0.4, -0.2) is 51.7 Å². The Hall–Kier alpha value is -3.60. The molecule has 0 aliphatic carbocycles. The monoisotopic (exact) mass is 479 g/mol. The Bertz CT molecular complexity index is 1210. The first-order chi connectivity index (χ1) is 15.6. The maximum Gasteiger partial charge on any atom is 0.416 e. The van der Waals surface area contributed by atoms with Crippen molar-refractivity contribution in [2.75, 3.05) is 31.1 Å². The van der Waals surface area contributed by atoms with Crippen LogP contribution in [0.15, 0.2) is 54.7 Å². The number of piperazine rings is 1. The summed E-state index contributed by atoms with van der Waals surface area (Å²) in [5, 5.41) is 16.1. The number of halogens is 4. The average Bonchev–Trinajstić information content (AvgIpc) is 3.28. The Balaban J connectivity index is 1.47. The lowest BCUT2D eigenvalue weighted by atomic mass is 10.1. The highest BCUT2D eigenvalue weighted by Gasteiger charge is 2.34. The first kappa shape index (κ1) is 22.6. The number of nitrogens with zero attached hydrogens (tertiary/aromatic N) is 5. The fraction of sp³-hybridized carbons (Fsp3) is 0.238. The van der Waals surface area contributed by atoms with Crippen molar-refractivity contribution in [3.63, 3.8) is 0 Å². The summed E-state index contributed by atoms with van der Waals surface area (Å²) in [6, 6.07) is 11.1. The molecule has 2 heterocycles. The molecule has 4 rings (SSSR count). The number of hydrogen-bond donors (Lipinski definition) is 0. The van der Waals surface area contributed by atoms with Crippen LogP contribution < -0.4 is 4.90 Å². The maximum atomic E-state index is 12.9. The smallest absolute Gasteiger partial charge is 0.362 e. The lowest BCUT2D eigenvalue weighted by Crippen LogP contribution is -2.49. The van der Waals surface area contributed by atoms with E-state index in [1.165, 1.54) is 4.68 Å². The first-order valence-corrected chi connectivity index (χ1v) is 10.2. The van der Waals surface area contributed by atoms with Crippen LogP contribution in [0.1, 0.15) is 16.1 Å². The third-order valence-corrected chi connectivity index (χ3v) is 5.63. The van der Waals surface area contributed by atoms with E-state index in [-0.39, 0.29) is 43.5 Å². The summed E-state index contributed by atoms with van der Waals surface area (Å²) in [5.41, 5.74) is -0.784. The molecule has 0 radical (unpaired) electrons. The molecule has 172 valence electrons. The number of nitro benzene ring substituents is 1. The predicted molar refractivity (Wildman–Crippen MR) is 115 cm³/mol. The number of aromatic nitrogens is 2. The Labute approximate surface area is 190 Å². The second-order valence-electron chi connectivity index (χ2n) is 7.33. The molecule has 1 aliphatic heterocycles. The molecule has 12 heteroatoms. The van der Waals surface area contributed by atoms with Crippen LogP contribution in [0.5, 0.6) is 0 Å². The number of carbonyl (C=O) groups excluding carboxylic acids is 1. The van der Waals surface area contributed by atoms with Crippen molar-refractivity contribution in [3.8, 4) is 5.69 Å². The molecule has 0 spiro atoms. The molecule has 1 fully saturated rings. The summed E-state index contributed by atoms with van der Waals surface area (Å²) >= 11 is 6.17. The van der Waals surface area contributed by atoms with Crippen molar-refractivity contribution in [3.05, 3.63) is 81.1 Å². The van der Waals surface area contributed by atoms with E-state index < -0.39 is 22.4 Å². The van der Waals surface area contributed by atoms with E-state index in [0.29, 0.717) is 16.8 Å². The second kappa shape index (κ2) is 8.74. The molecule has 1 amide bonds. The Kier molecular flexibility index (Phi) is 5.98. The van der Waals surface area contributed by atoms with Crippen LogP contribution >= 0.6 is 11.6 Å². The quantitative estimate of drug-likeness (QED) is 0.408. The maximum absolute atomic E-state index is 12.9.